The van der Waals surface area contributed by atoms with Crippen LogP contribution in [0.1, 0.15) is 32.3 Å². The number of benzene rings is 1. The first-order chi connectivity index (χ1) is 8.10. The number of nitrogens with zero attached hydrogens (tertiary/aromatic N) is 1. The van der Waals surface area contributed by atoms with Gasteiger partial charge in [0.05, 0.1) is 0 Å². The quantitative estimate of drug-likeness (QED) is 0.801. The van der Waals surface area contributed by atoms with Crippen molar-refractivity contribution in [3.05, 3.63) is 28.8 Å². The maximum absolute atomic E-state index is 5.98. The SMILES string of the molecule is CCCCN(CC)c1ccc(Cl)cc1C(N)=S. The van der Waals surface area contributed by atoms with Crippen molar-refractivity contribution in [1.82, 2.24) is 0 Å². The molecule has 1 rings (SSSR count). The van der Waals surface area contributed by atoms with Gasteiger partial charge in [0.2, 0.25) is 0 Å². The summed E-state index contributed by atoms with van der Waals surface area (Å²) < 4.78 is 0. The largest absolute Gasteiger partial charge is 0.389 e. The van der Waals surface area contributed by atoms with Gasteiger partial charge in [-0.2, -0.15) is 0 Å². The Labute approximate surface area is 114 Å². The molecule has 0 spiro atoms. The molecule has 0 aliphatic rings. The van der Waals surface area contributed by atoms with Crippen molar-refractivity contribution >= 4 is 34.5 Å². The van der Waals surface area contributed by atoms with Crippen LogP contribution >= 0.6 is 23.8 Å². The Hall–Kier alpha value is -0.800. The fourth-order valence-electron chi connectivity index (χ4n) is 1.78. The molecule has 0 saturated carbocycles. The van der Waals surface area contributed by atoms with Crippen LogP contribution in [-0.2, 0) is 0 Å². The van der Waals surface area contributed by atoms with E-state index in [9.17, 15) is 0 Å². The normalized spacial score (nSPS) is 10.3. The first kappa shape index (κ1) is 14.3. The summed E-state index contributed by atoms with van der Waals surface area (Å²) in [4.78, 5) is 2.69. The van der Waals surface area contributed by atoms with E-state index in [1.54, 1.807) is 0 Å². The molecule has 17 heavy (non-hydrogen) atoms. The maximum Gasteiger partial charge on any atom is 0.106 e. The standard InChI is InChI=1S/C13H19ClN2S/c1-3-5-8-16(4-2)12-7-6-10(14)9-11(12)13(15)17/h6-7,9H,3-5,8H2,1-2H3,(H2,15,17). The minimum Gasteiger partial charge on any atom is -0.389 e. The van der Waals surface area contributed by atoms with Crippen LogP contribution in [0.5, 0.6) is 0 Å². The zero-order chi connectivity index (χ0) is 12.8. The van der Waals surface area contributed by atoms with E-state index in [-0.39, 0.29) is 0 Å². The third-order valence-corrected chi connectivity index (χ3v) is 3.18. The van der Waals surface area contributed by atoms with Crippen molar-refractivity contribution in [3.8, 4) is 0 Å². The van der Waals surface area contributed by atoms with Gasteiger partial charge in [0, 0.05) is 29.4 Å². The highest BCUT2D eigenvalue weighted by molar-refractivity contribution is 7.80. The molecule has 0 aliphatic carbocycles. The Morgan fingerprint density at radius 3 is 2.65 bits per heavy atom. The third-order valence-electron chi connectivity index (χ3n) is 2.73. The lowest BCUT2D eigenvalue weighted by atomic mass is 10.1. The fourth-order valence-corrected chi connectivity index (χ4v) is 2.11. The second kappa shape index (κ2) is 6.82. The average Bonchev–Trinajstić information content (AvgIpc) is 2.31. The smallest absolute Gasteiger partial charge is 0.106 e. The summed E-state index contributed by atoms with van der Waals surface area (Å²) in [5.74, 6) is 0. The molecule has 0 aliphatic heterocycles. The summed E-state index contributed by atoms with van der Waals surface area (Å²) in [6.45, 7) is 6.28. The molecule has 94 valence electrons. The average molecular weight is 271 g/mol. The minimum atomic E-state index is 0.400. The van der Waals surface area contributed by atoms with Crippen LogP contribution in [0, 0.1) is 0 Å². The van der Waals surface area contributed by atoms with Crippen LogP contribution in [-0.4, -0.2) is 18.1 Å². The van der Waals surface area contributed by atoms with Crippen molar-refractivity contribution in [2.24, 2.45) is 5.73 Å². The van der Waals surface area contributed by atoms with Crippen LogP contribution in [0.15, 0.2) is 18.2 Å². The van der Waals surface area contributed by atoms with Crippen LogP contribution in [0.2, 0.25) is 5.02 Å². The zero-order valence-electron chi connectivity index (χ0n) is 10.4. The van der Waals surface area contributed by atoms with Crippen LogP contribution in [0.25, 0.3) is 0 Å². The van der Waals surface area contributed by atoms with Crippen molar-refractivity contribution in [1.29, 1.82) is 0 Å². The minimum absolute atomic E-state index is 0.400. The molecule has 2 N–H and O–H groups in total. The highest BCUT2D eigenvalue weighted by Crippen LogP contribution is 2.24. The molecule has 0 saturated heterocycles. The van der Waals surface area contributed by atoms with Gasteiger partial charge in [-0.05, 0) is 31.5 Å². The fraction of sp³-hybridized carbons (Fsp3) is 0.462. The summed E-state index contributed by atoms with van der Waals surface area (Å²) in [5, 5.41) is 0.670. The molecule has 2 nitrogen and oxygen atoms in total. The van der Waals surface area contributed by atoms with Gasteiger partial charge in [-0.3, -0.25) is 0 Å². The van der Waals surface area contributed by atoms with Gasteiger partial charge in [0.15, 0.2) is 0 Å². The Morgan fingerprint density at radius 1 is 1.41 bits per heavy atom. The van der Waals surface area contributed by atoms with E-state index in [0.717, 1.165) is 30.8 Å². The van der Waals surface area contributed by atoms with Crippen molar-refractivity contribution in [3.63, 3.8) is 0 Å². The van der Waals surface area contributed by atoms with Crippen LogP contribution < -0.4 is 10.6 Å². The molecule has 4 heteroatoms. The van der Waals surface area contributed by atoms with Gasteiger partial charge in [-0.15, -0.1) is 0 Å². The number of hydrogen-bond donors (Lipinski definition) is 1. The molecule has 0 radical (unpaired) electrons. The first-order valence-corrected chi connectivity index (χ1v) is 6.73. The van der Waals surface area contributed by atoms with E-state index in [1.807, 2.05) is 18.2 Å². The van der Waals surface area contributed by atoms with Crippen molar-refractivity contribution in [2.75, 3.05) is 18.0 Å². The first-order valence-electron chi connectivity index (χ1n) is 5.94. The van der Waals surface area contributed by atoms with Crippen molar-refractivity contribution in [2.45, 2.75) is 26.7 Å². The Kier molecular flexibility index (Phi) is 5.72. The third kappa shape index (κ3) is 3.86. The maximum atomic E-state index is 5.98. The van der Waals surface area contributed by atoms with Gasteiger partial charge in [-0.1, -0.05) is 37.2 Å². The van der Waals surface area contributed by atoms with E-state index >= 15 is 0 Å². The molecule has 1 aromatic carbocycles. The molecule has 0 bridgehead atoms. The monoisotopic (exact) mass is 270 g/mol. The number of anilines is 1. The molecule has 0 unspecified atom stereocenters. The second-order valence-electron chi connectivity index (χ2n) is 3.96. The number of hydrogen-bond acceptors (Lipinski definition) is 2. The van der Waals surface area contributed by atoms with Gasteiger partial charge >= 0.3 is 0 Å². The summed E-state index contributed by atoms with van der Waals surface area (Å²) in [6.07, 6.45) is 2.33. The topological polar surface area (TPSA) is 29.3 Å². The molecule has 0 fully saturated rings. The number of rotatable bonds is 6. The number of unbranched alkanes of at least 4 members (excludes halogenated alkanes) is 1. The van der Waals surface area contributed by atoms with Gasteiger partial charge in [-0.25, -0.2) is 0 Å². The number of halogens is 1. The molecular formula is C13H19ClN2S. The molecule has 0 heterocycles. The molecular weight excluding hydrogens is 252 g/mol. The zero-order valence-corrected chi connectivity index (χ0v) is 11.9. The summed E-state index contributed by atoms with van der Waals surface area (Å²) >= 11 is 11.1. The van der Waals surface area contributed by atoms with Gasteiger partial charge < -0.3 is 10.6 Å². The summed E-state index contributed by atoms with van der Waals surface area (Å²) in [6, 6.07) is 5.72. The summed E-state index contributed by atoms with van der Waals surface area (Å²) in [7, 11) is 0. The van der Waals surface area contributed by atoms with E-state index in [1.165, 1.54) is 6.42 Å². The lowest BCUT2D eigenvalue weighted by Gasteiger charge is -2.25. The van der Waals surface area contributed by atoms with E-state index < -0.39 is 0 Å². The van der Waals surface area contributed by atoms with Gasteiger partial charge in [0.25, 0.3) is 0 Å². The van der Waals surface area contributed by atoms with E-state index in [0.29, 0.717) is 10.0 Å². The predicted molar refractivity (Wildman–Crippen MR) is 80.1 cm³/mol. The summed E-state index contributed by atoms with van der Waals surface area (Å²) in [5.41, 5.74) is 7.70. The van der Waals surface area contributed by atoms with Gasteiger partial charge in [0.1, 0.15) is 4.99 Å². The van der Waals surface area contributed by atoms with E-state index in [2.05, 4.69) is 18.7 Å². The Bertz CT molecular complexity index is 393. The molecule has 1 aromatic rings. The Morgan fingerprint density at radius 2 is 2.12 bits per heavy atom. The Balaban J connectivity index is 3.05. The highest BCUT2D eigenvalue weighted by atomic mass is 35.5. The number of nitrogens with two attached hydrogens (primary N) is 1. The molecule has 0 atom stereocenters. The lowest BCUT2D eigenvalue weighted by Crippen LogP contribution is -2.27. The highest BCUT2D eigenvalue weighted by Gasteiger charge is 2.11. The predicted octanol–water partition coefficient (Wildman–Crippen LogP) is 3.60. The van der Waals surface area contributed by atoms with Crippen LogP contribution in [0.3, 0.4) is 0 Å². The van der Waals surface area contributed by atoms with Crippen molar-refractivity contribution < 1.29 is 0 Å². The van der Waals surface area contributed by atoms with Crippen LogP contribution in [0.4, 0.5) is 5.69 Å². The second-order valence-corrected chi connectivity index (χ2v) is 4.84. The lowest BCUT2D eigenvalue weighted by molar-refractivity contribution is 0.732. The molecule has 0 amide bonds. The number of thiocarbonyl (C=S) groups is 1. The molecule has 0 aromatic heterocycles. The van der Waals surface area contributed by atoms with E-state index in [4.69, 9.17) is 29.6 Å².